The topological polar surface area (TPSA) is 34.2 Å². The molecule has 1 aromatic carbocycles. The van der Waals surface area contributed by atoms with Crippen molar-refractivity contribution in [3.8, 4) is 11.5 Å². The van der Waals surface area contributed by atoms with Crippen molar-refractivity contribution in [1.82, 2.24) is 14.7 Å². The standard InChI is InChI=1S/C17H23N3OS/c1-3-15-6-4-5-11-19(15)12-20-17(22)21-16(18-20)14-9-7-13(2)8-10-14/h7-10,15H,3-6,11-12H2,1-2H3. The summed E-state index contributed by atoms with van der Waals surface area (Å²) in [6, 6.07) is 8.80. The predicted molar refractivity (Wildman–Crippen MR) is 90.1 cm³/mol. The number of aryl methyl sites for hydroxylation is 1. The molecule has 1 fully saturated rings. The smallest absolute Gasteiger partial charge is 0.288 e. The first-order valence-corrected chi connectivity index (χ1v) is 8.47. The minimum absolute atomic E-state index is 0.455. The zero-order chi connectivity index (χ0) is 15.5. The maximum absolute atomic E-state index is 5.69. The predicted octanol–water partition coefficient (Wildman–Crippen LogP) is 4.40. The molecule has 1 saturated heterocycles. The molecular formula is C17H23N3OS. The van der Waals surface area contributed by atoms with Gasteiger partial charge in [0.05, 0.1) is 6.67 Å². The molecule has 0 radical (unpaired) electrons. The molecular weight excluding hydrogens is 294 g/mol. The molecule has 1 atom stereocenters. The molecule has 2 aromatic rings. The molecule has 0 aliphatic carbocycles. The average Bonchev–Trinajstić information content (AvgIpc) is 2.89. The summed E-state index contributed by atoms with van der Waals surface area (Å²) in [5, 5.41) is 4.58. The van der Waals surface area contributed by atoms with Crippen LogP contribution in [0.5, 0.6) is 0 Å². The lowest BCUT2D eigenvalue weighted by atomic mass is 10.0. The summed E-state index contributed by atoms with van der Waals surface area (Å²) in [5.41, 5.74) is 2.20. The van der Waals surface area contributed by atoms with E-state index in [0.29, 0.717) is 16.8 Å². The molecule has 3 rings (SSSR count). The zero-order valence-electron chi connectivity index (χ0n) is 13.3. The van der Waals surface area contributed by atoms with Gasteiger partial charge in [0.1, 0.15) is 0 Å². The third kappa shape index (κ3) is 3.31. The van der Waals surface area contributed by atoms with Crippen LogP contribution < -0.4 is 0 Å². The van der Waals surface area contributed by atoms with Crippen LogP contribution >= 0.6 is 12.2 Å². The van der Waals surface area contributed by atoms with E-state index in [1.54, 1.807) is 0 Å². The summed E-state index contributed by atoms with van der Waals surface area (Å²) in [5.74, 6) is 0.607. The van der Waals surface area contributed by atoms with E-state index in [1.807, 2.05) is 16.8 Å². The number of benzene rings is 1. The van der Waals surface area contributed by atoms with Crippen LogP contribution in [0.25, 0.3) is 11.5 Å². The fourth-order valence-electron chi connectivity index (χ4n) is 3.09. The molecule has 1 aromatic heterocycles. The van der Waals surface area contributed by atoms with Crippen molar-refractivity contribution in [2.24, 2.45) is 0 Å². The van der Waals surface area contributed by atoms with Crippen LogP contribution in [-0.4, -0.2) is 27.3 Å². The Balaban J connectivity index is 1.80. The number of likely N-dealkylation sites (tertiary alicyclic amines) is 1. The largest absolute Gasteiger partial charge is 0.409 e. The Hall–Kier alpha value is -1.46. The van der Waals surface area contributed by atoms with Gasteiger partial charge in [0, 0.05) is 18.2 Å². The number of piperidine rings is 1. The molecule has 0 N–H and O–H groups in total. The monoisotopic (exact) mass is 317 g/mol. The molecule has 1 aliphatic rings. The summed E-state index contributed by atoms with van der Waals surface area (Å²) < 4.78 is 7.51. The van der Waals surface area contributed by atoms with Gasteiger partial charge in [-0.2, -0.15) is 0 Å². The highest BCUT2D eigenvalue weighted by molar-refractivity contribution is 7.71. The molecule has 22 heavy (non-hydrogen) atoms. The van der Waals surface area contributed by atoms with Gasteiger partial charge in [-0.3, -0.25) is 4.90 Å². The molecule has 4 nitrogen and oxygen atoms in total. The van der Waals surface area contributed by atoms with E-state index in [2.05, 4.69) is 36.0 Å². The van der Waals surface area contributed by atoms with Crippen LogP contribution in [-0.2, 0) is 6.67 Å². The molecule has 0 spiro atoms. The lowest BCUT2D eigenvalue weighted by Gasteiger charge is -2.34. The number of nitrogens with zero attached hydrogens (tertiary/aromatic N) is 3. The second-order valence-electron chi connectivity index (χ2n) is 6.05. The van der Waals surface area contributed by atoms with Gasteiger partial charge in [0.2, 0.25) is 5.89 Å². The minimum Gasteiger partial charge on any atom is -0.409 e. The number of rotatable bonds is 4. The highest BCUT2D eigenvalue weighted by atomic mass is 32.1. The van der Waals surface area contributed by atoms with E-state index in [0.717, 1.165) is 18.8 Å². The first-order valence-electron chi connectivity index (χ1n) is 8.06. The van der Waals surface area contributed by atoms with Gasteiger partial charge in [0.25, 0.3) is 4.84 Å². The molecule has 0 amide bonds. The molecule has 0 saturated carbocycles. The van der Waals surface area contributed by atoms with Crippen molar-refractivity contribution in [3.05, 3.63) is 34.7 Å². The number of aromatic nitrogens is 2. The molecule has 5 heteroatoms. The van der Waals surface area contributed by atoms with Crippen LogP contribution in [0, 0.1) is 11.8 Å². The third-order valence-corrected chi connectivity index (χ3v) is 4.73. The Morgan fingerprint density at radius 1 is 1.27 bits per heavy atom. The van der Waals surface area contributed by atoms with Crippen molar-refractivity contribution in [3.63, 3.8) is 0 Å². The van der Waals surface area contributed by atoms with E-state index < -0.39 is 0 Å². The van der Waals surface area contributed by atoms with Crippen LogP contribution in [0.2, 0.25) is 0 Å². The van der Waals surface area contributed by atoms with Crippen molar-refractivity contribution in [2.45, 2.75) is 52.2 Å². The summed E-state index contributed by atoms with van der Waals surface area (Å²) in [6.45, 7) is 6.17. The van der Waals surface area contributed by atoms with E-state index in [-0.39, 0.29) is 0 Å². The quantitative estimate of drug-likeness (QED) is 0.783. The van der Waals surface area contributed by atoms with Crippen molar-refractivity contribution < 1.29 is 4.42 Å². The maximum Gasteiger partial charge on any atom is 0.288 e. The number of hydrogen-bond donors (Lipinski definition) is 0. The Morgan fingerprint density at radius 3 is 2.77 bits per heavy atom. The maximum atomic E-state index is 5.69. The first kappa shape index (κ1) is 15.4. The van der Waals surface area contributed by atoms with Crippen LogP contribution in [0.3, 0.4) is 0 Å². The summed E-state index contributed by atoms with van der Waals surface area (Å²) in [4.78, 5) is 2.93. The lowest BCUT2D eigenvalue weighted by Crippen LogP contribution is -2.40. The second kappa shape index (κ2) is 6.75. The second-order valence-corrected chi connectivity index (χ2v) is 6.40. The third-order valence-electron chi connectivity index (χ3n) is 4.44. The summed E-state index contributed by atoms with van der Waals surface area (Å²) in [6.07, 6.45) is 5.03. The molecule has 0 bridgehead atoms. The molecule has 118 valence electrons. The van der Waals surface area contributed by atoms with Gasteiger partial charge in [-0.25, -0.2) is 4.68 Å². The lowest BCUT2D eigenvalue weighted by molar-refractivity contribution is 0.0994. The first-order chi connectivity index (χ1) is 10.7. The number of hydrogen-bond acceptors (Lipinski definition) is 4. The van der Waals surface area contributed by atoms with Gasteiger partial charge in [0.15, 0.2) is 0 Å². The van der Waals surface area contributed by atoms with Crippen LogP contribution in [0.1, 0.15) is 38.2 Å². The molecule has 1 unspecified atom stereocenters. The highest BCUT2D eigenvalue weighted by Gasteiger charge is 2.22. The van der Waals surface area contributed by atoms with Gasteiger partial charge < -0.3 is 4.42 Å². The normalized spacial score (nSPS) is 19.5. The van der Waals surface area contributed by atoms with Crippen molar-refractivity contribution in [2.75, 3.05) is 6.54 Å². The fraction of sp³-hybridized carbons (Fsp3) is 0.529. The average molecular weight is 317 g/mol. The Labute approximate surface area is 136 Å². The van der Waals surface area contributed by atoms with Crippen LogP contribution in [0.15, 0.2) is 28.7 Å². The van der Waals surface area contributed by atoms with Gasteiger partial charge in [-0.15, -0.1) is 5.10 Å². The van der Waals surface area contributed by atoms with E-state index in [4.69, 9.17) is 16.6 Å². The van der Waals surface area contributed by atoms with Gasteiger partial charge >= 0.3 is 0 Å². The van der Waals surface area contributed by atoms with Crippen LogP contribution in [0.4, 0.5) is 0 Å². The van der Waals surface area contributed by atoms with Crippen molar-refractivity contribution in [1.29, 1.82) is 0 Å². The Bertz CT molecular complexity index is 674. The van der Waals surface area contributed by atoms with Gasteiger partial charge in [-0.1, -0.05) is 31.0 Å². The highest BCUT2D eigenvalue weighted by Crippen LogP contribution is 2.22. The fourth-order valence-corrected chi connectivity index (χ4v) is 3.27. The molecule has 2 heterocycles. The summed E-state index contributed by atoms with van der Waals surface area (Å²) in [7, 11) is 0. The SMILES string of the molecule is CCC1CCCCN1Cn1nc(-c2ccc(C)cc2)oc1=S. The zero-order valence-corrected chi connectivity index (χ0v) is 14.1. The molecule has 1 aliphatic heterocycles. The van der Waals surface area contributed by atoms with E-state index >= 15 is 0 Å². The Morgan fingerprint density at radius 2 is 2.05 bits per heavy atom. The van der Waals surface area contributed by atoms with Crippen molar-refractivity contribution >= 4 is 12.2 Å². The minimum atomic E-state index is 0.455. The Kier molecular flexibility index (Phi) is 4.74. The van der Waals surface area contributed by atoms with E-state index in [9.17, 15) is 0 Å². The summed E-state index contributed by atoms with van der Waals surface area (Å²) >= 11 is 5.35. The van der Waals surface area contributed by atoms with Gasteiger partial charge in [-0.05, 0) is 50.5 Å². The van der Waals surface area contributed by atoms with E-state index in [1.165, 1.54) is 31.2 Å².